The van der Waals surface area contributed by atoms with Gasteiger partial charge in [0.2, 0.25) is 0 Å². The van der Waals surface area contributed by atoms with Crippen molar-refractivity contribution in [2.45, 2.75) is 19.1 Å². The number of carboxylic acids is 1. The number of aliphatic carboxylic acids is 1. The number of rotatable bonds is 4. The van der Waals surface area contributed by atoms with Crippen LogP contribution < -0.4 is 29.6 Å². The van der Waals surface area contributed by atoms with Gasteiger partial charge >= 0.3 is 41.5 Å². The van der Waals surface area contributed by atoms with E-state index in [0.717, 1.165) is 0 Å². The van der Waals surface area contributed by atoms with E-state index in [-0.39, 0.29) is 37.6 Å². The van der Waals surface area contributed by atoms with E-state index in [2.05, 4.69) is 4.74 Å². The summed E-state index contributed by atoms with van der Waals surface area (Å²) in [5.74, 6) is -2.82. The third-order valence-corrected chi connectivity index (χ3v) is 1.08. The van der Waals surface area contributed by atoms with Gasteiger partial charge in [-0.3, -0.25) is 0 Å². The van der Waals surface area contributed by atoms with Crippen molar-refractivity contribution < 1.29 is 60.6 Å². The minimum atomic E-state index is -2.14. The zero-order valence-electron chi connectivity index (χ0n) is 8.43. The molecule has 7 heteroatoms. The van der Waals surface area contributed by atoms with E-state index < -0.39 is 24.1 Å². The van der Waals surface area contributed by atoms with Crippen LogP contribution in [0.4, 0.5) is 0 Å². The zero-order chi connectivity index (χ0) is 9.72. The maximum absolute atomic E-state index is 10.6. The number of aliphatic hydroxyl groups is 2. The molecule has 0 spiro atoms. The Bertz CT molecular complexity index is 187. The van der Waals surface area contributed by atoms with E-state index in [1.165, 1.54) is 6.92 Å². The predicted molar refractivity (Wildman–Crippen MR) is 37.4 cm³/mol. The summed E-state index contributed by atoms with van der Waals surface area (Å²) >= 11 is 0. The number of ether oxygens (including phenoxy) is 1. The second kappa shape index (κ2) is 7.28. The van der Waals surface area contributed by atoms with Crippen LogP contribution in [-0.2, 0) is 14.3 Å². The summed E-state index contributed by atoms with van der Waals surface area (Å²) in [6.45, 7) is 1.51. The van der Waals surface area contributed by atoms with Crippen LogP contribution in [0.3, 0.4) is 0 Å². The molecule has 0 saturated heterocycles. The number of carboxylic acid groups (broad SMARTS) is 1. The van der Waals surface area contributed by atoms with Gasteiger partial charge in [-0.2, -0.15) is 0 Å². The molecule has 0 heterocycles. The molecule has 2 atom stereocenters. The van der Waals surface area contributed by atoms with Crippen molar-refractivity contribution >= 4 is 11.9 Å². The Balaban J connectivity index is -0.000000605. The van der Waals surface area contributed by atoms with Crippen LogP contribution in [0, 0.1) is 0 Å². The molecule has 0 amide bonds. The Labute approximate surface area is 98.3 Å². The summed E-state index contributed by atoms with van der Waals surface area (Å²) in [6.07, 6.45) is -4.16. The molecule has 0 rings (SSSR count). The Hall–Kier alpha value is -0.140. The summed E-state index contributed by atoms with van der Waals surface area (Å²) in [5, 5.41) is 25.6. The molecule has 2 unspecified atom stereocenters. The molecular formula is C6H11NaO6. The summed E-state index contributed by atoms with van der Waals surface area (Å²) in [7, 11) is 0. The first-order chi connectivity index (χ1) is 5.50. The molecule has 0 aliphatic rings. The van der Waals surface area contributed by atoms with Gasteiger partial charge in [-0.25, -0.2) is 9.59 Å². The fourth-order valence-electron chi connectivity index (χ4n) is 0.492. The van der Waals surface area contributed by atoms with E-state index in [4.69, 9.17) is 15.3 Å². The van der Waals surface area contributed by atoms with Crippen molar-refractivity contribution in [2.75, 3.05) is 6.61 Å². The fraction of sp³-hybridized carbons (Fsp3) is 0.667. The van der Waals surface area contributed by atoms with Crippen LogP contribution in [-0.4, -0.2) is 46.1 Å². The number of hydrogen-bond donors (Lipinski definition) is 3. The van der Waals surface area contributed by atoms with Gasteiger partial charge in [0.25, 0.3) is 0 Å². The molecule has 0 aliphatic heterocycles. The molecule has 13 heavy (non-hydrogen) atoms. The molecule has 72 valence electrons. The molecule has 0 saturated carbocycles. The number of carbonyl (C=O) groups is 2. The molecule has 0 radical (unpaired) electrons. The van der Waals surface area contributed by atoms with Crippen LogP contribution in [0.2, 0.25) is 0 Å². The molecule has 0 bridgehead atoms. The Morgan fingerprint density at radius 3 is 2.15 bits per heavy atom. The number of esters is 1. The molecule has 0 aromatic carbocycles. The standard InChI is InChI=1S/C6H10O6.Na.H/c1-2-12-6(11)4(8)3(7)5(9)10;;/h3-4,7-8H,2H2,1H3,(H,9,10);;/q;+1;-1. The van der Waals surface area contributed by atoms with Gasteiger partial charge in [-0.05, 0) is 6.92 Å². The average molecular weight is 202 g/mol. The van der Waals surface area contributed by atoms with Crippen molar-refractivity contribution in [2.24, 2.45) is 0 Å². The van der Waals surface area contributed by atoms with Crippen molar-refractivity contribution in [3.05, 3.63) is 0 Å². The van der Waals surface area contributed by atoms with Crippen LogP contribution in [0.25, 0.3) is 0 Å². The quantitative estimate of drug-likeness (QED) is 0.313. The van der Waals surface area contributed by atoms with Gasteiger partial charge in [-0.15, -0.1) is 0 Å². The van der Waals surface area contributed by atoms with Crippen LogP contribution >= 0.6 is 0 Å². The van der Waals surface area contributed by atoms with Gasteiger partial charge in [0, 0.05) is 0 Å². The van der Waals surface area contributed by atoms with Crippen molar-refractivity contribution in [1.82, 2.24) is 0 Å². The largest absolute Gasteiger partial charge is 1.00 e. The smallest absolute Gasteiger partial charge is 1.00 e. The predicted octanol–water partition coefficient (Wildman–Crippen LogP) is -4.53. The maximum atomic E-state index is 10.6. The normalized spacial score (nSPS) is 13.8. The first kappa shape index (κ1) is 15.3. The SMILES string of the molecule is CCOC(=O)C(O)C(O)C(=O)O.[H-].[Na+]. The van der Waals surface area contributed by atoms with Crippen LogP contribution in [0.15, 0.2) is 0 Å². The van der Waals surface area contributed by atoms with E-state index in [1.807, 2.05) is 0 Å². The molecule has 3 N–H and O–H groups in total. The third-order valence-electron chi connectivity index (χ3n) is 1.08. The van der Waals surface area contributed by atoms with E-state index in [0.29, 0.717) is 0 Å². The van der Waals surface area contributed by atoms with Crippen molar-refractivity contribution in [3.8, 4) is 0 Å². The minimum absolute atomic E-state index is 0. The maximum Gasteiger partial charge on any atom is 1.00 e. The van der Waals surface area contributed by atoms with Crippen molar-refractivity contribution in [1.29, 1.82) is 0 Å². The monoisotopic (exact) mass is 202 g/mol. The van der Waals surface area contributed by atoms with E-state index in [9.17, 15) is 9.59 Å². The van der Waals surface area contributed by atoms with Gasteiger partial charge in [-0.1, -0.05) is 0 Å². The second-order valence-corrected chi connectivity index (χ2v) is 1.98. The van der Waals surface area contributed by atoms with E-state index >= 15 is 0 Å². The van der Waals surface area contributed by atoms with E-state index in [1.54, 1.807) is 0 Å². The molecule has 0 aromatic rings. The molecular weight excluding hydrogens is 191 g/mol. The van der Waals surface area contributed by atoms with Gasteiger partial charge in [0.05, 0.1) is 6.61 Å². The Kier molecular flexibility index (Phi) is 8.59. The molecule has 0 aromatic heterocycles. The Morgan fingerprint density at radius 1 is 1.38 bits per heavy atom. The minimum Gasteiger partial charge on any atom is -1.00 e. The van der Waals surface area contributed by atoms with Gasteiger partial charge in [0.1, 0.15) is 0 Å². The first-order valence-electron chi connectivity index (χ1n) is 3.26. The van der Waals surface area contributed by atoms with Crippen LogP contribution in [0.1, 0.15) is 8.35 Å². The molecule has 6 nitrogen and oxygen atoms in total. The number of aliphatic hydroxyl groups excluding tert-OH is 2. The third kappa shape index (κ3) is 5.22. The first-order valence-corrected chi connectivity index (χ1v) is 3.26. The van der Waals surface area contributed by atoms with Crippen LogP contribution in [0.5, 0.6) is 0 Å². The summed E-state index contributed by atoms with van der Waals surface area (Å²) in [5.41, 5.74) is 0. The van der Waals surface area contributed by atoms with Gasteiger partial charge in [0.15, 0.2) is 12.2 Å². The fourth-order valence-corrected chi connectivity index (χ4v) is 0.492. The summed E-state index contributed by atoms with van der Waals surface area (Å²) < 4.78 is 4.26. The number of hydrogen-bond acceptors (Lipinski definition) is 5. The van der Waals surface area contributed by atoms with Crippen molar-refractivity contribution in [3.63, 3.8) is 0 Å². The average Bonchev–Trinajstić information content (AvgIpc) is 2.02. The summed E-state index contributed by atoms with van der Waals surface area (Å²) in [6, 6.07) is 0. The second-order valence-electron chi connectivity index (χ2n) is 1.98. The zero-order valence-corrected chi connectivity index (χ0v) is 9.43. The number of carbonyl (C=O) groups excluding carboxylic acids is 1. The Morgan fingerprint density at radius 2 is 1.85 bits per heavy atom. The summed E-state index contributed by atoms with van der Waals surface area (Å²) in [4.78, 5) is 20.6. The molecule has 0 fully saturated rings. The van der Waals surface area contributed by atoms with Gasteiger partial charge < -0.3 is 21.5 Å². The topological polar surface area (TPSA) is 104 Å². The molecule has 0 aliphatic carbocycles.